The van der Waals surface area contributed by atoms with Crippen molar-refractivity contribution >= 4 is 11.6 Å². The van der Waals surface area contributed by atoms with Crippen molar-refractivity contribution in [3.63, 3.8) is 0 Å². The lowest BCUT2D eigenvalue weighted by Gasteiger charge is -2.09. The van der Waals surface area contributed by atoms with Crippen LogP contribution in [0, 0.1) is 0 Å². The fourth-order valence-corrected chi connectivity index (χ4v) is 1.72. The van der Waals surface area contributed by atoms with Gasteiger partial charge in [0.2, 0.25) is 0 Å². The monoisotopic (exact) mass is 328 g/mol. The highest BCUT2D eigenvalue weighted by molar-refractivity contribution is 6.33. The van der Waals surface area contributed by atoms with E-state index in [2.05, 4.69) is 0 Å². The molecule has 0 spiro atoms. The predicted molar refractivity (Wildman–Crippen MR) is 96.3 cm³/mol. The van der Waals surface area contributed by atoms with Crippen LogP contribution in [0.15, 0.2) is 34.9 Å². The molecule has 2 aromatic rings. The minimum Gasteiger partial charge on any atom is -0.495 e. The number of benzene rings is 1. The highest BCUT2D eigenvalue weighted by atomic mass is 35.5. The molecular weight excluding hydrogens is 300 g/mol. The summed E-state index contributed by atoms with van der Waals surface area (Å²) in [7, 11) is 3.12. The Kier molecular flexibility index (Phi) is 14.8. The fraction of sp³-hybridized carbons (Fsp3) is 0.444. The molecule has 0 aliphatic rings. The van der Waals surface area contributed by atoms with Crippen LogP contribution in [0.2, 0.25) is 5.02 Å². The maximum Gasteiger partial charge on any atom is 0.141 e. The first-order chi connectivity index (χ1) is 10.8. The van der Waals surface area contributed by atoms with Crippen LogP contribution < -0.4 is 9.47 Å². The van der Waals surface area contributed by atoms with Gasteiger partial charge in [-0.15, -0.1) is 0 Å². The van der Waals surface area contributed by atoms with Crippen LogP contribution in [0.1, 0.15) is 41.5 Å². The van der Waals surface area contributed by atoms with Gasteiger partial charge in [-0.2, -0.15) is 0 Å². The van der Waals surface area contributed by atoms with Gasteiger partial charge in [0, 0.05) is 5.56 Å². The summed E-state index contributed by atoms with van der Waals surface area (Å²) in [5.74, 6) is 1.87. The second-order valence-electron chi connectivity index (χ2n) is 3.17. The van der Waals surface area contributed by atoms with Crippen molar-refractivity contribution in [1.29, 1.82) is 0 Å². The van der Waals surface area contributed by atoms with Gasteiger partial charge in [-0.05, 0) is 24.3 Å². The topological polar surface area (TPSA) is 31.6 Å². The van der Waals surface area contributed by atoms with Crippen molar-refractivity contribution in [3.8, 4) is 22.8 Å². The molecule has 1 aromatic carbocycles. The van der Waals surface area contributed by atoms with E-state index in [1.165, 1.54) is 0 Å². The van der Waals surface area contributed by atoms with E-state index in [1.54, 1.807) is 20.5 Å². The SMILES string of the molecule is CC.CC.CC.COc1cc(-c2ccco2)cc(OC)c1Cl. The van der Waals surface area contributed by atoms with E-state index < -0.39 is 0 Å². The van der Waals surface area contributed by atoms with Crippen LogP contribution >= 0.6 is 11.6 Å². The summed E-state index contributed by atoms with van der Waals surface area (Å²) in [5.41, 5.74) is 0.864. The maximum absolute atomic E-state index is 6.06. The molecule has 0 bridgehead atoms. The van der Waals surface area contributed by atoms with Gasteiger partial charge in [-0.3, -0.25) is 0 Å². The normalized spacial score (nSPS) is 8.23. The number of hydrogen-bond donors (Lipinski definition) is 0. The second kappa shape index (κ2) is 14.3. The lowest BCUT2D eigenvalue weighted by Crippen LogP contribution is -1.90. The van der Waals surface area contributed by atoms with Gasteiger partial charge in [0.15, 0.2) is 0 Å². The summed E-state index contributed by atoms with van der Waals surface area (Å²) in [6.07, 6.45) is 1.61. The summed E-state index contributed by atoms with van der Waals surface area (Å²) >= 11 is 6.06. The number of methoxy groups -OCH3 is 2. The average Bonchev–Trinajstić information content (AvgIpc) is 3.15. The van der Waals surface area contributed by atoms with Crippen LogP contribution in [0.5, 0.6) is 11.5 Å². The van der Waals surface area contributed by atoms with E-state index in [9.17, 15) is 0 Å². The van der Waals surface area contributed by atoms with Crippen molar-refractivity contribution in [1.82, 2.24) is 0 Å². The molecule has 0 saturated carbocycles. The minimum atomic E-state index is 0.459. The number of rotatable bonds is 3. The van der Waals surface area contributed by atoms with Gasteiger partial charge in [-0.1, -0.05) is 53.1 Å². The van der Waals surface area contributed by atoms with Crippen LogP contribution in [0.3, 0.4) is 0 Å². The van der Waals surface area contributed by atoms with Gasteiger partial charge in [0.1, 0.15) is 22.3 Å². The molecule has 0 saturated heterocycles. The van der Waals surface area contributed by atoms with Gasteiger partial charge in [0.25, 0.3) is 0 Å². The predicted octanol–water partition coefficient (Wildman–Crippen LogP) is 6.70. The molecular formula is C18H29ClO3. The number of hydrogen-bond acceptors (Lipinski definition) is 3. The maximum atomic E-state index is 6.06. The smallest absolute Gasteiger partial charge is 0.141 e. The van der Waals surface area contributed by atoms with Crippen molar-refractivity contribution in [2.45, 2.75) is 41.5 Å². The molecule has 0 amide bonds. The summed E-state index contributed by atoms with van der Waals surface area (Å²) in [4.78, 5) is 0. The number of ether oxygens (including phenoxy) is 2. The molecule has 0 aliphatic carbocycles. The summed E-state index contributed by atoms with van der Waals surface area (Å²) < 4.78 is 15.6. The minimum absolute atomic E-state index is 0.459. The summed E-state index contributed by atoms with van der Waals surface area (Å²) in [6.45, 7) is 12.0. The average molecular weight is 329 g/mol. The first kappa shape index (κ1) is 22.7. The Morgan fingerprint density at radius 2 is 1.32 bits per heavy atom. The molecule has 0 aliphatic heterocycles. The van der Waals surface area contributed by atoms with E-state index in [0.717, 1.165) is 11.3 Å². The van der Waals surface area contributed by atoms with E-state index >= 15 is 0 Å². The van der Waals surface area contributed by atoms with E-state index in [-0.39, 0.29) is 0 Å². The Hall–Kier alpha value is -1.61. The van der Waals surface area contributed by atoms with E-state index in [0.29, 0.717) is 16.5 Å². The first-order valence-electron chi connectivity index (χ1n) is 7.71. The summed E-state index contributed by atoms with van der Waals surface area (Å²) in [5, 5.41) is 0.459. The highest BCUT2D eigenvalue weighted by Crippen LogP contribution is 2.38. The Morgan fingerprint density at radius 3 is 1.64 bits per heavy atom. The van der Waals surface area contributed by atoms with Crippen molar-refractivity contribution in [2.24, 2.45) is 0 Å². The molecule has 0 atom stereocenters. The van der Waals surface area contributed by atoms with E-state index in [4.69, 9.17) is 25.5 Å². The molecule has 22 heavy (non-hydrogen) atoms. The van der Waals surface area contributed by atoms with Crippen molar-refractivity contribution in [2.75, 3.05) is 14.2 Å². The van der Waals surface area contributed by atoms with Gasteiger partial charge >= 0.3 is 0 Å². The molecule has 3 nitrogen and oxygen atoms in total. The van der Waals surface area contributed by atoms with Crippen LogP contribution in [-0.4, -0.2) is 14.2 Å². The lowest BCUT2D eigenvalue weighted by molar-refractivity contribution is 0.395. The molecule has 4 heteroatoms. The third kappa shape index (κ3) is 6.44. The van der Waals surface area contributed by atoms with Gasteiger partial charge in [0.05, 0.1) is 20.5 Å². The second-order valence-corrected chi connectivity index (χ2v) is 3.55. The molecule has 2 rings (SSSR count). The summed E-state index contributed by atoms with van der Waals surface area (Å²) in [6, 6.07) is 7.30. The molecule has 0 N–H and O–H groups in total. The van der Waals surface area contributed by atoms with Gasteiger partial charge < -0.3 is 13.9 Å². The Bertz CT molecular complexity index is 454. The van der Waals surface area contributed by atoms with Crippen molar-refractivity contribution < 1.29 is 13.9 Å². The largest absolute Gasteiger partial charge is 0.495 e. The molecule has 1 heterocycles. The third-order valence-electron chi connectivity index (χ3n) is 2.25. The number of halogens is 1. The zero-order valence-electron chi connectivity index (χ0n) is 15.0. The standard InChI is InChI=1S/C12H11ClO3.3C2H6/c1-14-10-6-8(9-4-3-5-16-9)7-11(15-2)12(10)13;3*1-2/h3-7H,1-2H3;3*1-2H3. The Balaban J connectivity index is 0. The molecule has 126 valence electrons. The fourth-order valence-electron chi connectivity index (χ4n) is 1.45. The highest BCUT2D eigenvalue weighted by Gasteiger charge is 2.12. The Labute approximate surface area is 140 Å². The van der Waals surface area contributed by atoms with Crippen molar-refractivity contribution in [3.05, 3.63) is 35.6 Å². The third-order valence-corrected chi connectivity index (χ3v) is 2.62. The van der Waals surface area contributed by atoms with Crippen LogP contribution in [0.25, 0.3) is 11.3 Å². The zero-order chi connectivity index (χ0) is 17.5. The van der Waals surface area contributed by atoms with Gasteiger partial charge in [-0.25, -0.2) is 0 Å². The number of furan rings is 1. The molecule has 1 aromatic heterocycles. The van der Waals surface area contributed by atoms with Crippen LogP contribution in [0.4, 0.5) is 0 Å². The molecule has 0 radical (unpaired) electrons. The van der Waals surface area contributed by atoms with Crippen LogP contribution in [-0.2, 0) is 0 Å². The lowest BCUT2D eigenvalue weighted by atomic mass is 10.1. The first-order valence-corrected chi connectivity index (χ1v) is 8.09. The quantitative estimate of drug-likeness (QED) is 0.628. The molecule has 0 unspecified atom stereocenters. The van der Waals surface area contributed by atoms with E-state index in [1.807, 2.05) is 65.8 Å². The Morgan fingerprint density at radius 1 is 0.864 bits per heavy atom. The zero-order valence-corrected chi connectivity index (χ0v) is 15.7. The molecule has 0 fully saturated rings.